The van der Waals surface area contributed by atoms with Gasteiger partial charge >= 0.3 is 0 Å². The zero-order valence-electron chi connectivity index (χ0n) is 16.3. The molecule has 26 heavy (non-hydrogen) atoms. The molecule has 1 aliphatic heterocycles. The Hall–Kier alpha value is -1.84. The summed E-state index contributed by atoms with van der Waals surface area (Å²) in [5.74, 6) is 0.491. The molecule has 1 aliphatic rings. The summed E-state index contributed by atoms with van der Waals surface area (Å²) in [6.07, 6.45) is 8.97. The van der Waals surface area contributed by atoms with Crippen LogP contribution >= 0.6 is 0 Å². The third-order valence-corrected chi connectivity index (χ3v) is 5.18. The van der Waals surface area contributed by atoms with Crippen LogP contribution in [0.4, 0.5) is 0 Å². The number of benzene rings is 1. The van der Waals surface area contributed by atoms with Crippen LogP contribution in [0, 0.1) is 0 Å². The fraction of sp³-hybridized carbons (Fsp3) is 0.636. The number of amides is 2. The minimum absolute atomic E-state index is 0.229. The number of carbonyl (C=O) groups is 2. The van der Waals surface area contributed by atoms with Gasteiger partial charge in [0.1, 0.15) is 0 Å². The van der Waals surface area contributed by atoms with Crippen molar-refractivity contribution < 1.29 is 9.59 Å². The van der Waals surface area contributed by atoms with Crippen LogP contribution in [0.5, 0.6) is 0 Å². The van der Waals surface area contributed by atoms with Gasteiger partial charge in [0.2, 0.25) is 11.8 Å². The van der Waals surface area contributed by atoms with Gasteiger partial charge in [0.25, 0.3) is 0 Å². The van der Waals surface area contributed by atoms with Crippen molar-refractivity contribution in [2.45, 2.75) is 64.7 Å². The van der Waals surface area contributed by atoms with E-state index in [1.165, 1.54) is 24.8 Å². The van der Waals surface area contributed by atoms with Crippen molar-refractivity contribution in [1.82, 2.24) is 9.80 Å². The highest BCUT2D eigenvalue weighted by Gasteiger charge is 2.23. The topological polar surface area (TPSA) is 40.6 Å². The van der Waals surface area contributed by atoms with E-state index in [0.717, 1.165) is 25.7 Å². The Labute approximate surface area is 158 Å². The number of hydrogen-bond donors (Lipinski definition) is 0. The Bertz CT molecular complexity index is 536. The molecule has 1 heterocycles. The molecule has 2 amide bonds. The quantitative estimate of drug-likeness (QED) is 0.592. The standard InChI is InChI=1S/C22H34N2O2/c1-2-3-4-5-9-14-21(25)23-16-18-24(19-17-23)22(26)15-10-13-20-11-7-6-8-12-20/h6-8,11-12H,2-5,9-10,13-19H2,1H3. The predicted octanol–water partition coefficient (Wildman–Crippen LogP) is 4.04. The maximum atomic E-state index is 12.4. The van der Waals surface area contributed by atoms with E-state index >= 15 is 0 Å². The van der Waals surface area contributed by atoms with Crippen LogP contribution in [-0.4, -0.2) is 47.8 Å². The van der Waals surface area contributed by atoms with Crippen LogP contribution in [0.2, 0.25) is 0 Å². The number of carbonyl (C=O) groups excluding carboxylic acids is 2. The van der Waals surface area contributed by atoms with Gasteiger partial charge in [0.05, 0.1) is 0 Å². The van der Waals surface area contributed by atoms with Gasteiger partial charge in [-0.05, 0) is 24.8 Å². The van der Waals surface area contributed by atoms with Crippen molar-refractivity contribution in [3.05, 3.63) is 35.9 Å². The lowest BCUT2D eigenvalue weighted by molar-refractivity contribution is -0.139. The van der Waals surface area contributed by atoms with Crippen molar-refractivity contribution >= 4 is 11.8 Å². The van der Waals surface area contributed by atoms with Crippen molar-refractivity contribution in [3.8, 4) is 0 Å². The smallest absolute Gasteiger partial charge is 0.222 e. The first-order valence-corrected chi connectivity index (χ1v) is 10.3. The average Bonchev–Trinajstić information content (AvgIpc) is 2.68. The first kappa shape index (κ1) is 20.5. The average molecular weight is 359 g/mol. The number of piperazine rings is 1. The van der Waals surface area contributed by atoms with Crippen molar-refractivity contribution in [1.29, 1.82) is 0 Å². The van der Waals surface area contributed by atoms with Crippen LogP contribution in [0.1, 0.15) is 63.9 Å². The highest BCUT2D eigenvalue weighted by atomic mass is 16.2. The molecule has 4 heteroatoms. The van der Waals surface area contributed by atoms with Crippen molar-refractivity contribution in [3.63, 3.8) is 0 Å². The van der Waals surface area contributed by atoms with Crippen LogP contribution in [-0.2, 0) is 16.0 Å². The zero-order valence-corrected chi connectivity index (χ0v) is 16.3. The van der Waals surface area contributed by atoms with Gasteiger partial charge in [0.15, 0.2) is 0 Å². The van der Waals surface area contributed by atoms with E-state index in [1.807, 2.05) is 28.0 Å². The second-order valence-electron chi connectivity index (χ2n) is 7.26. The van der Waals surface area contributed by atoms with Gasteiger partial charge in [-0.25, -0.2) is 0 Å². The number of unbranched alkanes of at least 4 members (excludes halogenated alkanes) is 4. The van der Waals surface area contributed by atoms with Crippen LogP contribution in [0.3, 0.4) is 0 Å². The lowest BCUT2D eigenvalue weighted by Crippen LogP contribution is -2.50. The first-order chi connectivity index (χ1) is 12.7. The number of nitrogens with zero attached hydrogens (tertiary/aromatic N) is 2. The predicted molar refractivity (Wildman–Crippen MR) is 106 cm³/mol. The van der Waals surface area contributed by atoms with E-state index in [2.05, 4.69) is 19.1 Å². The van der Waals surface area contributed by atoms with E-state index in [4.69, 9.17) is 0 Å². The second kappa shape index (κ2) is 11.7. The molecule has 0 aromatic heterocycles. The van der Waals surface area contributed by atoms with Gasteiger partial charge in [-0.15, -0.1) is 0 Å². The molecule has 0 N–H and O–H groups in total. The van der Waals surface area contributed by atoms with Gasteiger partial charge in [-0.1, -0.05) is 62.9 Å². The normalized spacial score (nSPS) is 14.5. The van der Waals surface area contributed by atoms with Crippen LogP contribution in [0.15, 0.2) is 30.3 Å². The summed E-state index contributed by atoms with van der Waals surface area (Å²) >= 11 is 0. The highest BCUT2D eigenvalue weighted by molar-refractivity contribution is 5.78. The molecule has 0 bridgehead atoms. The molecule has 0 aliphatic carbocycles. The van der Waals surface area contributed by atoms with Crippen LogP contribution in [0.25, 0.3) is 0 Å². The second-order valence-corrected chi connectivity index (χ2v) is 7.26. The molecular weight excluding hydrogens is 324 g/mol. The summed E-state index contributed by atoms with van der Waals surface area (Å²) in [5, 5.41) is 0. The first-order valence-electron chi connectivity index (χ1n) is 10.3. The van der Waals surface area contributed by atoms with E-state index in [9.17, 15) is 9.59 Å². The Morgan fingerprint density at radius 2 is 1.31 bits per heavy atom. The third-order valence-electron chi connectivity index (χ3n) is 5.18. The summed E-state index contributed by atoms with van der Waals surface area (Å²) in [5.41, 5.74) is 1.29. The van der Waals surface area contributed by atoms with E-state index in [0.29, 0.717) is 39.0 Å². The summed E-state index contributed by atoms with van der Waals surface area (Å²) in [4.78, 5) is 28.5. The molecule has 1 saturated heterocycles. The zero-order chi connectivity index (χ0) is 18.6. The Morgan fingerprint density at radius 3 is 1.88 bits per heavy atom. The molecule has 0 radical (unpaired) electrons. The molecule has 1 fully saturated rings. The fourth-order valence-electron chi connectivity index (χ4n) is 3.49. The molecular formula is C22H34N2O2. The lowest BCUT2D eigenvalue weighted by atomic mass is 10.1. The number of rotatable bonds is 10. The third kappa shape index (κ3) is 7.19. The summed E-state index contributed by atoms with van der Waals surface area (Å²) in [6, 6.07) is 10.3. The van der Waals surface area contributed by atoms with Crippen LogP contribution < -0.4 is 0 Å². The molecule has 1 aromatic carbocycles. The van der Waals surface area contributed by atoms with E-state index < -0.39 is 0 Å². The SMILES string of the molecule is CCCCCCCC(=O)N1CCN(C(=O)CCCc2ccccc2)CC1. The molecule has 0 saturated carbocycles. The summed E-state index contributed by atoms with van der Waals surface area (Å²) in [6.45, 7) is 4.96. The largest absolute Gasteiger partial charge is 0.339 e. The monoisotopic (exact) mass is 358 g/mol. The minimum Gasteiger partial charge on any atom is -0.339 e. The Kier molecular flexibility index (Phi) is 9.22. The Morgan fingerprint density at radius 1 is 0.769 bits per heavy atom. The molecule has 2 rings (SSSR count). The minimum atomic E-state index is 0.229. The number of hydrogen-bond acceptors (Lipinski definition) is 2. The molecule has 144 valence electrons. The van der Waals surface area contributed by atoms with E-state index in [1.54, 1.807) is 0 Å². The lowest BCUT2D eigenvalue weighted by Gasteiger charge is -2.35. The highest BCUT2D eigenvalue weighted by Crippen LogP contribution is 2.11. The molecule has 0 spiro atoms. The Balaban J connectivity index is 1.59. The fourth-order valence-corrected chi connectivity index (χ4v) is 3.49. The van der Waals surface area contributed by atoms with E-state index in [-0.39, 0.29) is 11.8 Å². The summed E-state index contributed by atoms with van der Waals surface area (Å²) < 4.78 is 0. The van der Waals surface area contributed by atoms with Gasteiger partial charge in [-0.2, -0.15) is 0 Å². The van der Waals surface area contributed by atoms with Crippen molar-refractivity contribution in [2.75, 3.05) is 26.2 Å². The summed E-state index contributed by atoms with van der Waals surface area (Å²) in [7, 11) is 0. The molecule has 0 unspecified atom stereocenters. The molecule has 0 atom stereocenters. The maximum Gasteiger partial charge on any atom is 0.222 e. The maximum absolute atomic E-state index is 12.4. The number of aryl methyl sites for hydroxylation is 1. The van der Waals surface area contributed by atoms with Gasteiger partial charge in [-0.3, -0.25) is 9.59 Å². The molecule has 1 aromatic rings. The van der Waals surface area contributed by atoms with Gasteiger partial charge < -0.3 is 9.80 Å². The van der Waals surface area contributed by atoms with Gasteiger partial charge in [0, 0.05) is 39.0 Å². The van der Waals surface area contributed by atoms with Crippen molar-refractivity contribution in [2.24, 2.45) is 0 Å². The molecule has 4 nitrogen and oxygen atoms in total.